The van der Waals surface area contributed by atoms with Gasteiger partial charge in [-0.05, 0) is 59.2 Å². The van der Waals surface area contributed by atoms with Gasteiger partial charge in [0.15, 0.2) is 8.32 Å². The van der Waals surface area contributed by atoms with E-state index in [1.165, 1.54) is 4.90 Å². The molecule has 2 unspecified atom stereocenters. The number of hydrogen-bond donors (Lipinski definition) is 0. The van der Waals surface area contributed by atoms with Crippen molar-refractivity contribution in [2.75, 3.05) is 19.8 Å². The predicted molar refractivity (Wildman–Crippen MR) is 134 cm³/mol. The number of carbonyl (C=O) groups excluding carboxylic acids is 3. The number of carbonyl (C=O) groups is 3. The molecule has 9 nitrogen and oxygen atoms in total. The Morgan fingerprint density at radius 1 is 1.06 bits per heavy atom. The van der Waals surface area contributed by atoms with Crippen LogP contribution < -0.4 is 0 Å². The van der Waals surface area contributed by atoms with E-state index in [-0.39, 0.29) is 37.3 Å². The zero-order chi connectivity index (χ0) is 27.2. The van der Waals surface area contributed by atoms with Crippen molar-refractivity contribution in [2.24, 2.45) is 11.8 Å². The van der Waals surface area contributed by atoms with E-state index in [0.29, 0.717) is 6.42 Å². The first-order chi connectivity index (χ1) is 16.0. The van der Waals surface area contributed by atoms with Crippen LogP contribution in [-0.4, -0.2) is 68.8 Å². The van der Waals surface area contributed by atoms with Crippen molar-refractivity contribution in [1.29, 1.82) is 5.26 Å². The predicted octanol–water partition coefficient (Wildman–Crippen LogP) is 4.66. The maximum atomic E-state index is 13.2. The van der Waals surface area contributed by atoms with Crippen LogP contribution in [0.4, 0.5) is 4.79 Å². The van der Waals surface area contributed by atoms with Gasteiger partial charge in [-0.1, -0.05) is 20.8 Å². The van der Waals surface area contributed by atoms with Crippen LogP contribution >= 0.6 is 0 Å². The first-order valence-corrected chi connectivity index (χ1v) is 15.3. The minimum atomic E-state index is -2.19. The molecule has 4 atom stereocenters. The minimum absolute atomic E-state index is 0.0493. The fourth-order valence-electron chi connectivity index (χ4n) is 3.88. The van der Waals surface area contributed by atoms with Gasteiger partial charge in [-0.15, -0.1) is 0 Å². The molecule has 35 heavy (non-hydrogen) atoms. The lowest BCUT2D eigenvalue weighted by molar-refractivity contribution is -0.151. The average Bonchev–Trinajstić information content (AvgIpc) is 3.09. The van der Waals surface area contributed by atoms with Gasteiger partial charge in [-0.25, -0.2) is 4.79 Å². The third kappa shape index (κ3) is 8.80. The highest BCUT2D eigenvalue weighted by Crippen LogP contribution is 2.41. The van der Waals surface area contributed by atoms with Crippen LogP contribution in [0.5, 0.6) is 0 Å². The highest BCUT2D eigenvalue weighted by molar-refractivity contribution is 6.74. The van der Waals surface area contributed by atoms with Crippen molar-refractivity contribution in [1.82, 2.24) is 4.90 Å². The van der Waals surface area contributed by atoms with E-state index >= 15 is 0 Å². The molecule has 1 aliphatic heterocycles. The number of ether oxygens (including phenoxy) is 3. The lowest BCUT2D eigenvalue weighted by Gasteiger charge is -2.38. The van der Waals surface area contributed by atoms with Crippen molar-refractivity contribution in [3.05, 3.63) is 0 Å². The Bertz CT molecular complexity index is 795. The van der Waals surface area contributed by atoms with Gasteiger partial charge in [0.1, 0.15) is 11.5 Å². The molecule has 1 amide bonds. The van der Waals surface area contributed by atoms with Crippen LogP contribution in [0.15, 0.2) is 0 Å². The van der Waals surface area contributed by atoms with Crippen molar-refractivity contribution in [3.8, 4) is 6.07 Å². The Kier molecular flexibility index (Phi) is 10.8. The van der Waals surface area contributed by atoms with E-state index in [0.717, 1.165) is 0 Å². The number of nitriles is 1. The molecule has 0 bridgehead atoms. The normalized spacial score (nSPS) is 20.5. The molecule has 0 aromatic rings. The number of hydrogen-bond acceptors (Lipinski definition) is 8. The summed E-state index contributed by atoms with van der Waals surface area (Å²) in [6.45, 7) is 19.8. The molecule has 0 aromatic carbocycles. The first kappa shape index (κ1) is 30.9. The summed E-state index contributed by atoms with van der Waals surface area (Å²) in [7, 11) is -2.19. The van der Waals surface area contributed by atoms with Gasteiger partial charge in [0.2, 0.25) is 0 Å². The molecule has 0 spiro atoms. The summed E-state index contributed by atoms with van der Waals surface area (Å²) in [6.07, 6.45) is -0.729. The lowest BCUT2D eigenvalue weighted by atomic mass is 9.82. The molecule has 10 heteroatoms. The van der Waals surface area contributed by atoms with Gasteiger partial charge < -0.3 is 23.5 Å². The summed E-state index contributed by atoms with van der Waals surface area (Å²) >= 11 is 0. The SMILES string of the molecule is CCOC(=O)CC(C(C#N)C(=O)OCC)[C@@H]1C[C@@H](O[Si](C)(C)C(C)(C)C)CN1C(=O)OC(C)(C)C. The molecule has 0 N–H and O–H groups in total. The second-order valence-corrected chi connectivity index (χ2v) is 16.2. The van der Waals surface area contributed by atoms with E-state index in [4.69, 9.17) is 18.6 Å². The lowest BCUT2D eigenvalue weighted by Crippen LogP contribution is -2.47. The Labute approximate surface area is 211 Å². The van der Waals surface area contributed by atoms with Gasteiger partial charge in [0, 0.05) is 18.5 Å². The summed E-state index contributed by atoms with van der Waals surface area (Å²) in [5, 5.41) is 9.86. The summed E-state index contributed by atoms with van der Waals surface area (Å²) in [4.78, 5) is 40.0. The topological polar surface area (TPSA) is 115 Å². The van der Waals surface area contributed by atoms with Gasteiger partial charge in [0.25, 0.3) is 0 Å². The molecular formula is C25H44N2O7Si. The molecule has 1 rings (SSSR count). The summed E-state index contributed by atoms with van der Waals surface area (Å²) in [6, 6.07) is 1.37. The molecule has 1 saturated heterocycles. The maximum absolute atomic E-state index is 13.2. The molecule has 0 radical (unpaired) electrons. The maximum Gasteiger partial charge on any atom is 0.410 e. The molecular weight excluding hydrogens is 468 g/mol. The molecule has 1 aliphatic rings. The number of amides is 1. The second kappa shape index (κ2) is 12.2. The molecule has 200 valence electrons. The van der Waals surface area contributed by atoms with Crippen LogP contribution in [0.3, 0.4) is 0 Å². The largest absolute Gasteiger partial charge is 0.466 e. The van der Waals surface area contributed by atoms with Crippen LogP contribution in [0.25, 0.3) is 0 Å². The highest BCUT2D eigenvalue weighted by Gasteiger charge is 2.49. The Morgan fingerprint density at radius 2 is 1.63 bits per heavy atom. The summed E-state index contributed by atoms with van der Waals surface area (Å²) < 4.78 is 22.5. The molecule has 0 saturated carbocycles. The smallest absolute Gasteiger partial charge is 0.410 e. The third-order valence-corrected chi connectivity index (χ3v) is 11.0. The van der Waals surface area contributed by atoms with Crippen LogP contribution in [0.2, 0.25) is 18.1 Å². The van der Waals surface area contributed by atoms with Gasteiger partial charge in [-0.3, -0.25) is 9.59 Å². The zero-order valence-corrected chi connectivity index (χ0v) is 24.1. The fraction of sp³-hybridized carbons (Fsp3) is 0.840. The van der Waals surface area contributed by atoms with E-state index in [2.05, 4.69) is 33.9 Å². The molecule has 0 aliphatic carbocycles. The zero-order valence-electron chi connectivity index (χ0n) is 23.1. The first-order valence-electron chi connectivity index (χ1n) is 12.4. The number of rotatable bonds is 9. The Morgan fingerprint density at radius 3 is 2.09 bits per heavy atom. The minimum Gasteiger partial charge on any atom is -0.466 e. The Hall–Kier alpha value is -2.12. The van der Waals surface area contributed by atoms with Crippen molar-refractivity contribution < 1.29 is 33.0 Å². The second-order valence-electron chi connectivity index (χ2n) is 11.5. The van der Waals surface area contributed by atoms with Crippen LogP contribution in [0.1, 0.15) is 68.2 Å². The highest BCUT2D eigenvalue weighted by atomic mass is 28.4. The fourth-order valence-corrected chi connectivity index (χ4v) is 5.24. The van der Waals surface area contributed by atoms with Crippen molar-refractivity contribution in [2.45, 2.75) is 104 Å². The van der Waals surface area contributed by atoms with Crippen molar-refractivity contribution >= 4 is 26.3 Å². The van der Waals surface area contributed by atoms with E-state index in [9.17, 15) is 19.6 Å². The summed E-state index contributed by atoms with van der Waals surface area (Å²) in [5.41, 5.74) is -0.744. The van der Waals surface area contributed by atoms with Gasteiger partial charge in [0.05, 0.1) is 31.8 Å². The third-order valence-electron chi connectivity index (χ3n) is 6.51. The van der Waals surface area contributed by atoms with E-state index < -0.39 is 49.8 Å². The van der Waals surface area contributed by atoms with E-state index in [1.54, 1.807) is 34.6 Å². The molecule has 0 aromatic heterocycles. The number of esters is 2. The quantitative estimate of drug-likeness (QED) is 0.249. The Balaban J connectivity index is 3.44. The van der Waals surface area contributed by atoms with Crippen LogP contribution in [-0.2, 0) is 28.2 Å². The monoisotopic (exact) mass is 512 g/mol. The number of nitrogens with zero attached hydrogens (tertiary/aromatic N) is 2. The summed E-state index contributed by atoms with van der Waals surface area (Å²) in [5.74, 6) is -3.35. The van der Waals surface area contributed by atoms with Gasteiger partial charge in [-0.2, -0.15) is 5.26 Å². The van der Waals surface area contributed by atoms with Crippen molar-refractivity contribution in [3.63, 3.8) is 0 Å². The van der Waals surface area contributed by atoms with Gasteiger partial charge >= 0.3 is 18.0 Å². The average molecular weight is 513 g/mol. The molecule has 1 fully saturated rings. The number of likely N-dealkylation sites (tertiary alicyclic amines) is 1. The molecule has 1 heterocycles. The van der Waals surface area contributed by atoms with Crippen LogP contribution in [0, 0.1) is 23.2 Å². The van der Waals surface area contributed by atoms with E-state index in [1.807, 2.05) is 6.07 Å². The standard InChI is InChI=1S/C25H44N2O7Si/c1-11-31-21(28)14-18(19(15-26)22(29)32-12-2)20-13-17(34-35(9,10)25(6,7)8)16-27(20)23(30)33-24(3,4)5/h17-20H,11-14,16H2,1-10H3/t17-,18?,19?,20+/m1/s1.